The van der Waals surface area contributed by atoms with Crippen molar-refractivity contribution in [1.82, 2.24) is 9.78 Å². The highest BCUT2D eigenvalue weighted by atomic mass is 19.2. The van der Waals surface area contributed by atoms with E-state index in [1.54, 1.807) is 0 Å². The molecule has 0 aliphatic carbocycles. The Kier molecular flexibility index (Phi) is 3.04. The first-order chi connectivity index (χ1) is 8.47. The Morgan fingerprint density at radius 2 is 1.44 bits per heavy atom. The van der Waals surface area contributed by atoms with Crippen molar-refractivity contribution in [1.29, 1.82) is 0 Å². The third-order valence-corrected chi connectivity index (χ3v) is 2.27. The van der Waals surface area contributed by atoms with Gasteiger partial charge in [-0.25, -0.2) is 26.6 Å². The SMILES string of the molecule is NCc1ccn(-c2c(F)c(F)c(F)c(F)c2F)n1. The fourth-order valence-electron chi connectivity index (χ4n) is 1.39. The third-order valence-electron chi connectivity index (χ3n) is 2.27. The highest BCUT2D eigenvalue weighted by molar-refractivity contribution is 5.37. The van der Waals surface area contributed by atoms with Crippen LogP contribution in [0.15, 0.2) is 12.3 Å². The fraction of sp³-hybridized carbons (Fsp3) is 0.100. The zero-order chi connectivity index (χ0) is 13.4. The summed E-state index contributed by atoms with van der Waals surface area (Å²) in [6.07, 6.45) is 1.06. The molecule has 0 saturated carbocycles. The van der Waals surface area contributed by atoms with Gasteiger partial charge in [-0.2, -0.15) is 5.10 Å². The number of rotatable bonds is 2. The van der Waals surface area contributed by atoms with Crippen LogP contribution in [0.1, 0.15) is 5.69 Å². The van der Waals surface area contributed by atoms with Crippen LogP contribution in [-0.2, 0) is 6.54 Å². The molecule has 1 aromatic carbocycles. The molecular weight excluding hydrogens is 257 g/mol. The summed E-state index contributed by atoms with van der Waals surface area (Å²) in [6, 6.07) is 1.30. The van der Waals surface area contributed by atoms with Crippen molar-refractivity contribution in [3.05, 3.63) is 47.0 Å². The van der Waals surface area contributed by atoms with E-state index < -0.39 is 34.8 Å². The lowest BCUT2D eigenvalue weighted by atomic mass is 10.2. The molecule has 8 heteroatoms. The Labute approximate surface area is 97.6 Å². The molecule has 0 bridgehead atoms. The Bertz CT molecular complexity index is 579. The van der Waals surface area contributed by atoms with Crippen molar-refractivity contribution < 1.29 is 22.0 Å². The molecule has 0 unspecified atom stereocenters. The van der Waals surface area contributed by atoms with E-state index in [4.69, 9.17) is 5.73 Å². The minimum absolute atomic E-state index is 0.0254. The van der Waals surface area contributed by atoms with Gasteiger partial charge in [0.05, 0.1) is 5.69 Å². The summed E-state index contributed by atoms with van der Waals surface area (Å²) >= 11 is 0. The maximum Gasteiger partial charge on any atom is 0.200 e. The molecule has 0 spiro atoms. The summed E-state index contributed by atoms with van der Waals surface area (Å²) in [6.45, 7) is -0.0254. The number of nitrogens with zero attached hydrogens (tertiary/aromatic N) is 2. The van der Waals surface area contributed by atoms with E-state index in [9.17, 15) is 22.0 Å². The predicted molar refractivity (Wildman–Crippen MR) is 51.2 cm³/mol. The third kappa shape index (κ3) is 1.74. The van der Waals surface area contributed by atoms with Crippen LogP contribution in [0, 0.1) is 29.1 Å². The lowest BCUT2D eigenvalue weighted by Gasteiger charge is -2.07. The monoisotopic (exact) mass is 263 g/mol. The fourth-order valence-corrected chi connectivity index (χ4v) is 1.39. The van der Waals surface area contributed by atoms with E-state index in [0.29, 0.717) is 4.68 Å². The van der Waals surface area contributed by atoms with Crippen LogP contribution in [-0.4, -0.2) is 9.78 Å². The van der Waals surface area contributed by atoms with Gasteiger partial charge in [0.25, 0.3) is 0 Å². The number of aromatic nitrogens is 2. The van der Waals surface area contributed by atoms with Gasteiger partial charge in [0.1, 0.15) is 5.69 Å². The molecule has 0 saturated heterocycles. The average molecular weight is 263 g/mol. The smallest absolute Gasteiger partial charge is 0.200 e. The topological polar surface area (TPSA) is 43.8 Å². The van der Waals surface area contributed by atoms with Gasteiger partial charge < -0.3 is 5.73 Å². The molecule has 0 atom stereocenters. The number of halogens is 5. The van der Waals surface area contributed by atoms with Crippen LogP contribution in [0.3, 0.4) is 0 Å². The predicted octanol–water partition coefficient (Wildman–Crippen LogP) is 2.03. The van der Waals surface area contributed by atoms with Gasteiger partial charge in [-0.1, -0.05) is 0 Å². The molecule has 0 fully saturated rings. The molecule has 1 aromatic heterocycles. The number of benzene rings is 1. The molecule has 0 amide bonds. The van der Waals surface area contributed by atoms with Crippen molar-refractivity contribution >= 4 is 0 Å². The minimum Gasteiger partial charge on any atom is -0.325 e. The van der Waals surface area contributed by atoms with Crippen molar-refractivity contribution in [2.24, 2.45) is 5.73 Å². The van der Waals surface area contributed by atoms with Gasteiger partial charge in [-0.15, -0.1) is 0 Å². The summed E-state index contributed by atoms with van der Waals surface area (Å²) in [7, 11) is 0. The molecule has 0 aliphatic rings. The zero-order valence-corrected chi connectivity index (χ0v) is 8.72. The Hall–Kier alpha value is -1.96. The maximum atomic E-state index is 13.4. The normalized spacial score (nSPS) is 11.0. The molecule has 2 aromatic rings. The van der Waals surface area contributed by atoms with Gasteiger partial charge in [-0.05, 0) is 6.07 Å². The second-order valence-electron chi connectivity index (χ2n) is 3.37. The van der Waals surface area contributed by atoms with Crippen molar-refractivity contribution in [2.75, 3.05) is 0 Å². The Morgan fingerprint density at radius 1 is 0.944 bits per heavy atom. The second kappa shape index (κ2) is 4.37. The summed E-state index contributed by atoms with van der Waals surface area (Å²) in [5.41, 5.74) is 4.35. The van der Waals surface area contributed by atoms with Crippen LogP contribution in [0.4, 0.5) is 22.0 Å². The minimum atomic E-state index is -2.21. The van der Waals surface area contributed by atoms with Crippen LogP contribution in [0.25, 0.3) is 5.69 Å². The van der Waals surface area contributed by atoms with Gasteiger partial charge in [-0.3, -0.25) is 0 Å². The van der Waals surface area contributed by atoms with Crippen LogP contribution < -0.4 is 5.73 Å². The first-order valence-corrected chi connectivity index (χ1v) is 4.73. The number of hydrogen-bond donors (Lipinski definition) is 1. The summed E-state index contributed by atoms with van der Waals surface area (Å²) in [4.78, 5) is 0. The average Bonchev–Trinajstić information content (AvgIpc) is 2.83. The molecule has 0 aliphatic heterocycles. The van der Waals surface area contributed by atoms with E-state index in [-0.39, 0.29) is 12.2 Å². The van der Waals surface area contributed by atoms with Gasteiger partial charge in [0.2, 0.25) is 5.82 Å². The molecule has 2 rings (SSSR count). The van der Waals surface area contributed by atoms with E-state index in [0.717, 1.165) is 6.20 Å². The van der Waals surface area contributed by atoms with E-state index >= 15 is 0 Å². The Balaban J connectivity index is 2.71. The first-order valence-electron chi connectivity index (χ1n) is 4.73. The quantitative estimate of drug-likeness (QED) is 0.512. The zero-order valence-electron chi connectivity index (χ0n) is 8.72. The maximum absolute atomic E-state index is 13.4. The van der Waals surface area contributed by atoms with E-state index in [2.05, 4.69) is 5.10 Å². The number of hydrogen-bond acceptors (Lipinski definition) is 2. The summed E-state index contributed by atoms with van der Waals surface area (Å²) < 4.78 is 66.0. The summed E-state index contributed by atoms with van der Waals surface area (Å²) in [5.74, 6) is -10.1. The standard InChI is InChI=1S/C10H6F5N3/c11-5-6(12)8(14)10(9(15)7(5)13)18-2-1-4(3-16)17-18/h1-2H,3,16H2. The highest BCUT2D eigenvalue weighted by Crippen LogP contribution is 2.25. The van der Waals surface area contributed by atoms with Crippen molar-refractivity contribution in [3.63, 3.8) is 0 Å². The first kappa shape index (κ1) is 12.5. The van der Waals surface area contributed by atoms with Crippen LogP contribution in [0.2, 0.25) is 0 Å². The largest absolute Gasteiger partial charge is 0.325 e. The lowest BCUT2D eigenvalue weighted by molar-refractivity contribution is 0.373. The number of nitrogens with two attached hydrogens (primary N) is 1. The lowest BCUT2D eigenvalue weighted by Crippen LogP contribution is -2.10. The van der Waals surface area contributed by atoms with Gasteiger partial charge in [0.15, 0.2) is 23.3 Å². The highest BCUT2D eigenvalue weighted by Gasteiger charge is 2.27. The molecule has 3 nitrogen and oxygen atoms in total. The summed E-state index contributed by atoms with van der Waals surface area (Å²) in [5, 5.41) is 3.59. The molecular formula is C10H6F5N3. The molecule has 18 heavy (non-hydrogen) atoms. The molecule has 1 heterocycles. The Morgan fingerprint density at radius 3 is 1.89 bits per heavy atom. The van der Waals surface area contributed by atoms with Crippen LogP contribution >= 0.6 is 0 Å². The van der Waals surface area contributed by atoms with E-state index in [1.807, 2.05) is 0 Å². The van der Waals surface area contributed by atoms with Crippen molar-refractivity contribution in [2.45, 2.75) is 6.54 Å². The van der Waals surface area contributed by atoms with Gasteiger partial charge >= 0.3 is 0 Å². The van der Waals surface area contributed by atoms with Gasteiger partial charge in [0, 0.05) is 12.7 Å². The van der Waals surface area contributed by atoms with Crippen molar-refractivity contribution in [3.8, 4) is 5.69 Å². The molecule has 0 radical (unpaired) electrons. The molecule has 2 N–H and O–H groups in total. The van der Waals surface area contributed by atoms with E-state index in [1.165, 1.54) is 6.07 Å². The van der Waals surface area contributed by atoms with Crippen LogP contribution in [0.5, 0.6) is 0 Å². The molecule has 96 valence electrons. The second-order valence-corrected chi connectivity index (χ2v) is 3.37.